The van der Waals surface area contributed by atoms with Crippen molar-refractivity contribution in [2.24, 2.45) is 0 Å². The van der Waals surface area contributed by atoms with Gasteiger partial charge in [0, 0.05) is 25.2 Å². The Bertz CT molecular complexity index is 607. The van der Waals surface area contributed by atoms with E-state index < -0.39 is 6.10 Å². The number of aliphatic hydroxyl groups is 1. The monoisotopic (exact) mass is 334 g/mol. The van der Waals surface area contributed by atoms with Crippen LogP contribution in [-0.4, -0.2) is 56.8 Å². The summed E-state index contributed by atoms with van der Waals surface area (Å²) in [5, 5.41) is 16.8. The van der Waals surface area contributed by atoms with Gasteiger partial charge in [-0.15, -0.1) is 0 Å². The van der Waals surface area contributed by atoms with E-state index in [-0.39, 0.29) is 30.9 Å². The van der Waals surface area contributed by atoms with Crippen LogP contribution < -0.4 is 5.32 Å². The fourth-order valence-corrected chi connectivity index (χ4v) is 3.64. The third-order valence-electron chi connectivity index (χ3n) is 4.85. The molecule has 1 atom stereocenters. The van der Waals surface area contributed by atoms with Crippen molar-refractivity contribution in [1.82, 2.24) is 20.0 Å². The molecule has 1 aromatic rings. The fourth-order valence-electron chi connectivity index (χ4n) is 3.64. The summed E-state index contributed by atoms with van der Waals surface area (Å²) in [5.41, 5.74) is 0.642. The molecule has 7 heteroatoms. The van der Waals surface area contributed by atoms with Crippen molar-refractivity contribution in [3.8, 4) is 0 Å². The molecular weight excluding hydrogens is 308 g/mol. The van der Waals surface area contributed by atoms with Gasteiger partial charge in [0.15, 0.2) is 5.69 Å². The molecule has 1 aliphatic heterocycles. The Morgan fingerprint density at radius 3 is 2.88 bits per heavy atom. The molecule has 2 N–H and O–H groups in total. The quantitative estimate of drug-likeness (QED) is 0.865. The molecule has 3 rings (SSSR count). The fraction of sp³-hybridized carbons (Fsp3) is 0.706. The molecule has 1 aliphatic carbocycles. The molecule has 1 aromatic heterocycles. The largest absolute Gasteiger partial charge is 0.389 e. The number of rotatable bonds is 4. The summed E-state index contributed by atoms with van der Waals surface area (Å²) in [6.45, 7) is 3.20. The minimum Gasteiger partial charge on any atom is -0.389 e. The summed E-state index contributed by atoms with van der Waals surface area (Å²) in [7, 11) is 0. The lowest BCUT2D eigenvalue weighted by molar-refractivity contribution is 0.0626. The number of fused-ring (bicyclic) bond motifs is 1. The predicted octanol–water partition coefficient (Wildman–Crippen LogP) is 1.17. The topological polar surface area (TPSA) is 87.5 Å². The van der Waals surface area contributed by atoms with E-state index in [4.69, 9.17) is 0 Å². The highest BCUT2D eigenvalue weighted by Crippen LogP contribution is 2.24. The van der Waals surface area contributed by atoms with Crippen LogP contribution in [0.5, 0.6) is 0 Å². The molecule has 0 saturated heterocycles. The number of aliphatic hydroxyl groups excluding tert-OH is 1. The van der Waals surface area contributed by atoms with E-state index in [1.54, 1.807) is 6.07 Å². The second-order valence-corrected chi connectivity index (χ2v) is 6.75. The molecule has 2 heterocycles. The van der Waals surface area contributed by atoms with Crippen molar-refractivity contribution >= 4 is 11.8 Å². The molecule has 24 heavy (non-hydrogen) atoms. The van der Waals surface area contributed by atoms with Crippen LogP contribution in [0.4, 0.5) is 0 Å². The van der Waals surface area contributed by atoms with Crippen molar-refractivity contribution in [3.05, 3.63) is 17.5 Å². The lowest BCUT2D eigenvalue weighted by Gasteiger charge is -2.33. The normalized spacial score (nSPS) is 21.8. The van der Waals surface area contributed by atoms with Crippen molar-refractivity contribution in [2.45, 2.75) is 64.1 Å². The third kappa shape index (κ3) is 3.45. The van der Waals surface area contributed by atoms with E-state index in [2.05, 4.69) is 17.3 Å². The Balaban J connectivity index is 1.84. The highest BCUT2D eigenvalue weighted by Gasteiger charge is 2.30. The summed E-state index contributed by atoms with van der Waals surface area (Å²) in [4.78, 5) is 27.0. The average molecular weight is 334 g/mol. The molecule has 0 bridgehead atoms. The van der Waals surface area contributed by atoms with Crippen molar-refractivity contribution in [3.63, 3.8) is 0 Å². The number of amides is 2. The molecule has 2 aliphatic rings. The number of nitrogens with one attached hydrogen (secondary N) is 1. The first-order chi connectivity index (χ1) is 11.6. The molecular formula is C17H26N4O3. The molecule has 1 fully saturated rings. The van der Waals surface area contributed by atoms with E-state index in [0.29, 0.717) is 17.9 Å². The van der Waals surface area contributed by atoms with Gasteiger partial charge in [-0.3, -0.25) is 14.3 Å². The van der Waals surface area contributed by atoms with Gasteiger partial charge < -0.3 is 15.3 Å². The first-order valence-electron chi connectivity index (χ1n) is 8.95. The molecule has 0 spiro atoms. The van der Waals surface area contributed by atoms with Crippen LogP contribution in [0.25, 0.3) is 0 Å². The predicted molar refractivity (Wildman–Crippen MR) is 88.8 cm³/mol. The summed E-state index contributed by atoms with van der Waals surface area (Å²) in [6, 6.07) is 1.83. The van der Waals surface area contributed by atoms with E-state index in [1.165, 1.54) is 11.1 Å². The molecule has 0 radical (unpaired) electrons. The van der Waals surface area contributed by atoms with Crippen molar-refractivity contribution < 1.29 is 14.7 Å². The van der Waals surface area contributed by atoms with Crippen molar-refractivity contribution in [1.29, 1.82) is 0 Å². The minimum atomic E-state index is -0.692. The zero-order valence-electron chi connectivity index (χ0n) is 14.2. The zero-order valence-corrected chi connectivity index (χ0v) is 14.2. The maximum Gasteiger partial charge on any atom is 0.274 e. The molecule has 7 nitrogen and oxygen atoms in total. The number of carbonyl (C=O) groups is 2. The Labute approximate surface area is 142 Å². The first kappa shape index (κ1) is 17.0. The molecule has 1 unspecified atom stereocenters. The highest BCUT2D eigenvalue weighted by molar-refractivity contribution is 5.98. The lowest BCUT2D eigenvalue weighted by atomic mass is 9.94. The standard InChI is InChI=1S/C17H26N4O3/c1-2-8-20(12-6-4-3-5-7-12)17(24)14-9-15-16(23)18-10-13(22)11-21(15)19-14/h9,12-13,22H,2-8,10-11H2,1H3,(H,18,23). The SMILES string of the molecule is CCCN(C(=O)c1cc2n(n1)CC(O)CNC2=O)C1CCCCC1. The van der Waals surface area contributed by atoms with Crippen LogP contribution >= 0.6 is 0 Å². The zero-order chi connectivity index (χ0) is 17.1. The van der Waals surface area contributed by atoms with E-state index >= 15 is 0 Å². The number of β-amino-alcohol motifs (C(OH)–C–C–N with tert-alkyl or cyclic N) is 1. The van der Waals surface area contributed by atoms with Crippen LogP contribution in [0.1, 0.15) is 66.4 Å². The maximum absolute atomic E-state index is 13.0. The van der Waals surface area contributed by atoms with Gasteiger partial charge in [-0.25, -0.2) is 0 Å². The van der Waals surface area contributed by atoms with Crippen LogP contribution in [0.15, 0.2) is 6.07 Å². The molecule has 2 amide bonds. The smallest absolute Gasteiger partial charge is 0.274 e. The highest BCUT2D eigenvalue weighted by atomic mass is 16.3. The molecule has 0 aromatic carbocycles. The van der Waals surface area contributed by atoms with Gasteiger partial charge in [-0.2, -0.15) is 5.10 Å². The van der Waals surface area contributed by atoms with Crippen LogP contribution in [0.3, 0.4) is 0 Å². The van der Waals surface area contributed by atoms with Crippen molar-refractivity contribution in [2.75, 3.05) is 13.1 Å². The van der Waals surface area contributed by atoms with Gasteiger partial charge in [0.1, 0.15) is 5.69 Å². The summed E-state index contributed by atoms with van der Waals surface area (Å²) in [5.74, 6) is -0.399. The third-order valence-corrected chi connectivity index (χ3v) is 4.85. The van der Waals surface area contributed by atoms with Crippen LogP contribution in [0.2, 0.25) is 0 Å². The maximum atomic E-state index is 13.0. The van der Waals surface area contributed by atoms with E-state index in [9.17, 15) is 14.7 Å². The number of aromatic nitrogens is 2. The Kier molecular flexibility index (Phi) is 5.18. The van der Waals surface area contributed by atoms with E-state index in [0.717, 1.165) is 32.1 Å². The van der Waals surface area contributed by atoms with Gasteiger partial charge in [0.25, 0.3) is 11.8 Å². The number of hydrogen-bond acceptors (Lipinski definition) is 4. The number of nitrogens with zero attached hydrogens (tertiary/aromatic N) is 3. The molecule has 1 saturated carbocycles. The lowest BCUT2D eigenvalue weighted by Crippen LogP contribution is -2.42. The van der Waals surface area contributed by atoms with Crippen LogP contribution in [-0.2, 0) is 6.54 Å². The van der Waals surface area contributed by atoms with Gasteiger partial charge in [0.2, 0.25) is 0 Å². The van der Waals surface area contributed by atoms with Gasteiger partial charge in [0.05, 0.1) is 12.6 Å². The summed E-state index contributed by atoms with van der Waals surface area (Å²) >= 11 is 0. The van der Waals surface area contributed by atoms with Gasteiger partial charge in [-0.1, -0.05) is 26.2 Å². The summed E-state index contributed by atoms with van der Waals surface area (Å²) < 4.78 is 1.45. The summed E-state index contributed by atoms with van der Waals surface area (Å²) in [6.07, 6.45) is 5.84. The van der Waals surface area contributed by atoms with Crippen LogP contribution in [0, 0.1) is 0 Å². The Morgan fingerprint density at radius 2 is 2.17 bits per heavy atom. The number of carbonyl (C=O) groups excluding carboxylic acids is 2. The Morgan fingerprint density at radius 1 is 1.42 bits per heavy atom. The minimum absolute atomic E-state index is 0.105. The Hall–Kier alpha value is -1.89. The van der Waals surface area contributed by atoms with E-state index in [1.807, 2.05) is 4.90 Å². The average Bonchev–Trinajstić information content (AvgIpc) is 2.96. The van der Waals surface area contributed by atoms with Gasteiger partial charge >= 0.3 is 0 Å². The van der Waals surface area contributed by atoms with Gasteiger partial charge in [-0.05, 0) is 19.3 Å². The molecule has 132 valence electrons. The second kappa shape index (κ2) is 7.34. The second-order valence-electron chi connectivity index (χ2n) is 6.75. The first-order valence-corrected chi connectivity index (χ1v) is 8.95. The number of hydrogen-bond donors (Lipinski definition) is 2.